The number of nitrogens with zero attached hydrogens (tertiary/aromatic N) is 4. The maximum atomic E-state index is 12.7. The molecule has 27 heavy (non-hydrogen) atoms. The number of carbonyl (C=O) groups excluding carboxylic acids is 3. The first-order valence-corrected chi connectivity index (χ1v) is 7.62. The first-order valence-electron chi connectivity index (χ1n) is 7.62. The predicted molar refractivity (Wildman–Crippen MR) is 91.3 cm³/mol. The summed E-state index contributed by atoms with van der Waals surface area (Å²) in [5, 5.41) is 8.80. The zero-order valence-electron chi connectivity index (χ0n) is 14.7. The van der Waals surface area contributed by atoms with Gasteiger partial charge in [-0.25, -0.2) is 11.0 Å². The smallest absolute Gasteiger partial charge is 0.299 e. The number of nitrogens with one attached hydrogen (secondary N) is 2. The molecular formula is C16H16N6O5. The van der Waals surface area contributed by atoms with Crippen molar-refractivity contribution in [3.05, 3.63) is 46.6 Å². The van der Waals surface area contributed by atoms with Gasteiger partial charge in [-0.05, 0) is 26.0 Å². The zero-order chi connectivity index (χ0) is 20.2. The Morgan fingerprint density at radius 3 is 2.37 bits per heavy atom. The van der Waals surface area contributed by atoms with Crippen molar-refractivity contribution in [3.8, 4) is 11.3 Å². The number of nitroso groups, excluding NO2 is 1. The third-order valence-electron chi connectivity index (χ3n) is 4.14. The van der Waals surface area contributed by atoms with Gasteiger partial charge in [0.05, 0.1) is 5.29 Å². The predicted octanol–water partition coefficient (Wildman–Crippen LogP) is 1.84. The normalized spacial score (nSPS) is 12.6. The van der Waals surface area contributed by atoms with Crippen molar-refractivity contribution < 1.29 is 18.9 Å². The summed E-state index contributed by atoms with van der Waals surface area (Å²) in [7, 11) is 1.19. The molecule has 0 fully saturated rings. The van der Waals surface area contributed by atoms with E-state index >= 15 is 0 Å². The number of carbonyl (C=O) groups is 3. The van der Waals surface area contributed by atoms with Gasteiger partial charge in [-0.3, -0.25) is 14.4 Å². The van der Waals surface area contributed by atoms with E-state index in [2.05, 4.69) is 15.6 Å². The number of hydrogen-bond acceptors (Lipinski definition) is 8. The molecule has 2 aromatic rings. The Labute approximate surface area is 153 Å². The molecule has 2 N–H and O–H groups in total. The molecule has 0 aliphatic heterocycles. The molecule has 1 heterocycles. The number of aromatic nitrogens is 1. The van der Waals surface area contributed by atoms with Gasteiger partial charge in [0.1, 0.15) is 11.5 Å². The van der Waals surface area contributed by atoms with E-state index < -0.39 is 23.3 Å². The van der Waals surface area contributed by atoms with Crippen LogP contribution in [-0.2, 0) is 9.59 Å². The number of hydrogen-bond donors (Lipinski definition) is 2. The van der Waals surface area contributed by atoms with Crippen LogP contribution in [0.3, 0.4) is 0 Å². The van der Waals surface area contributed by atoms with E-state index in [4.69, 9.17) is 10.1 Å². The van der Waals surface area contributed by atoms with Gasteiger partial charge in [-0.2, -0.15) is 0 Å². The van der Waals surface area contributed by atoms with Crippen molar-refractivity contribution in [3.63, 3.8) is 0 Å². The van der Waals surface area contributed by atoms with Crippen LogP contribution in [0.25, 0.3) is 11.3 Å². The van der Waals surface area contributed by atoms with Crippen LogP contribution in [0.5, 0.6) is 0 Å². The molecule has 0 spiro atoms. The van der Waals surface area contributed by atoms with E-state index in [0.717, 1.165) is 11.8 Å². The summed E-state index contributed by atoms with van der Waals surface area (Å²) in [6.07, 6.45) is 0. The number of rotatable bonds is 6. The standard InChI is InChI=1S/C16H16N6O5/c1-9-8-12(20-27-9)10-4-6-11(7-5-10)13(23)22(3)16(2,14(24)18-17)15(25)19-21-26/h4-8,17H,1-3H3,(H,19,25,26)/t16-/m0/s1. The lowest BCUT2D eigenvalue weighted by Crippen LogP contribution is -2.61. The van der Waals surface area contributed by atoms with E-state index in [1.54, 1.807) is 30.5 Å². The third kappa shape index (κ3) is 3.61. The van der Waals surface area contributed by atoms with Crippen LogP contribution in [0.1, 0.15) is 23.0 Å². The SMILES string of the molecule is Cc1cc(-c2ccc(C(=O)N(C)[C@@](C)(C(=O)N=N)C(=O)NN=O)cc2)no1. The van der Waals surface area contributed by atoms with E-state index in [1.807, 2.05) is 0 Å². The minimum Gasteiger partial charge on any atom is -0.361 e. The highest BCUT2D eigenvalue weighted by Crippen LogP contribution is 2.22. The molecule has 1 aromatic heterocycles. The Morgan fingerprint density at radius 1 is 1.26 bits per heavy atom. The van der Waals surface area contributed by atoms with Crippen LogP contribution in [0.2, 0.25) is 0 Å². The molecule has 0 aliphatic carbocycles. The fourth-order valence-electron chi connectivity index (χ4n) is 2.33. The molecular weight excluding hydrogens is 356 g/mol. The summed E-state index contributed by atoms with van der Waals surface area (Å²) < 4.78 is 5.00. The van der Waals surface area contributed by atoms with Crippen LogP contribution < -0.4 is 5.43 Å². The third-order valence-corrected chi connectivity index (χ3v) is 4.14. The quantitative estimate of drug-likeness (QED) is 0.341. The number of amides is 3. The summed E-state index contributed by atoms with van der Waals surface area (Å²) in [5.74, 6) is -2.47. The molecule has 11 nitrogen and oxygen atoms in total. The monoisotopic (exact) mass is 372 g/mol. The fraction of sp³-hybridized carbons (Fsp3) is 0.250. The van der Waals surface area contributed by atoms with Crippen molar-refractivity contribution in [2.45, 2.75) is 19.4 Å². The molecule has 0 bridgehead atoms. The van der Waals surface area contributed by atoms with E-state index in [0.29, 0.717) is 17.0 Å². The highest BCUT2D eigenvalue weighted by molar-refractivity contribution is 6.13. The second-order valence-corrected chi connectivity index (χ2v) is 5.79. The van der Waals surface area contributed by atoms with Crippen molar-refractivity contribution in [1.82, 2.24) is 15.5 Å². The zero-order valence-corrected chi connectivity index (χ0v) is 14.7. The summed E-state index contributed by atoms with van der Waals surface area (Å²) in [6, 6.07) is 7.94. The highest BCUT2D eigenvalue weighted by Gasteiger charge is 2.48. The minimum atomic E-state index is -2.21. The largest absolute Gasteiger partial charge is 0.361 e. The topological polar surface area (TPSA) is 158 Å². The van der Waals surface area contributed by atoms with E-state index in [9.17, 15) is 19.3 Å². The average Bonchev–Trinajstić information content (AvgIpc) is 3.12. The molecule has 0 radical (unpaired) electrons. The molecule has 2 rings (SSSR count). The number of aryl methyl sites for hydroxylation is 1. The summed E-state index contributed by atoms with van der Waals surface area (Å²) in [4.78, 5) is 47.9. The molecule has 11 heteroatoms. The van der Waals surface area contributed by atoms with Crippen molar-refractivity contribution >= 4 is 17.7 Å². The number of benzene rings is 1. The molecule has 0 unspecified atom stereocenters. The van der Waals surface area contributed by atoms with Crippen molar-refractivity contribution in [2.24, 2.45) is 10.4 Å². The van der Waals surface area contributed by atoms with Crippen LogP contribution >= 0.6 is 0 Å². The van der Waals surface area contributed by atoms with Crippen LogP contribution in [-0.4, -0.2) is 40.4 Å². The molecule has 140 valence electrons. The Hall–Kier alpha value is -3.76. The average molecular weight is 372 g/mol. The first-order chi connectivity index (χ1) is 12.7. The Balaban J connectivity index is 2.33. The summed E-state index contributed by atoms with van der Waals surface area (Å²) >= 11 is 0. The maximum Gasteiger partial charge on any atom is 0.299 e. The van der Waals surface area contributed by atoms with Crippen LogP contribution in [0.4, 0.5) is 0 Å². The Morgan fingerprint density at radius 2 is 1.89 bits per heavy atom. The molecule has 3 amide bonds. The van der Waals surface area contributed by atoms with E-state index in [1.165, 1.54) is 19.2 Å². The summed E-state index contributed by atoms with van der Waals surface area (Å²) in [5.41, 5.74) is 7.70. The number of likely N-dealkylation sites (N-methyl/N-ethyl adjacent to an activating group) is 1. The molecule has 1 aromatic carbocycles. The highest BCUT2D eigenvalue weighted by atomic mass is 16.5. The molecule has 1 atom stereocenters. The Kier molecular flexibility index (Phi) is 5.54. The van der Waals surface area contributed by atoms with Gasteiger partial charge in [0.2, 0.25) is 5.54 Å². The second-order valence-electron chi connectivity index (χ2n) is 5.79. The van der Waals surface area contributed by atoms with Gasteiger partial charge in [-0.15, -0.1) is 10.0 Å². The lowest BCUT2D eigenvalue weighted by molar-refractivity contribution is -0.141. The van der Waals surface area contributed by atoms with Gasteiger partial charge < -0.3 is 9.42 Å². The second kappa shape index (κ2) is 7.64. The van der Waals surface area contributed by atoms with Crippen molar-refractivity contribution in [2.75, 3.05) is 7.05 Å². The molecule has 0 saturated heterocycles. The van der Waals surface area contributed by atoms with Gasteiger partial charge in [0.15, 0.2) is 0 Å². The van der Waals surface area contributed by atoms with Crippen LogP contribution in [0.15, 0.2) is 45.3 Å². The van der Waals surface area contributed by atoms with Crippen molar-refractivity contribution in [1.29, 1.82) is 5.53 Å². The van der Waals surface area contributed by atoms with Crippen LogP contribution in [0, 0.1) is 17.4 Å². The lowest BCUT2D eigenvalue weighted by Gasteiger charge is -2.33. The van der Waals surface area contributed by atoms with E-state index in [-0.39, 0.29) is 5.56 Å². The molecule has 0 saturated carbocycles. The van der Waals surface area contributed by atoms with Gasteiger partial charge in [0.25, 0.3) is 17.7 Å². The first kappa shape index (κ1) is 19.6. The lowest BCUT2D eigenvalue weighted by atomic mass is 9.97. The fourth-order valence-corrected chi connectivity index (χ4v) is 2.33. The van der Waals surface area contributed by atoms with Gasteiger partial charge >= 0.3 is 0 Å². The summed E-state index contributed by atoms with van der Waals surface area (Å²) in [6.45, 7) is 2.82. The Bertz CT molecular complexity index is 906. The van der Waals surface area contributed by atoms with Gasteiger partial charge in [-0.1, -0.05) is 17.3 Å². The van der Waals surface area contributed by atoms with Gasteiger partial charge in [0, 0.05) is 24.2 Å². The molecule has 0 aliphatic rings. The minimum absolute atomic E-state index is 0.164. The maximum absolute atomic E-state index is 12.7.